The lowest BCUT2D eigenvalue weighted by molar-refractivity contribution is -0.137. The first-order valence-corrected chi connectivity index (χ1v) is 9.72. The Morgan fingerprint density at radius 3 is 2.45 bits per heavy atom. The molecule has 0 aromatic heterocycles. The first-order valence-electron chi connectivity index (χ1n) is 9.72. The number of rotatable bonds is 9. The summed E-state index contributed by atoms with van der Waals surface area (Å²) in [4.78, 5) is 27.7. The number of methoxy groups -OCH3 is 1. The summed E-state index contributed by atoms with van der Waals surface area (Å²) in [5, 5.41) is 3.20. The van der Waals surface area contributed by atoms with Crippen LogP contribution in [0.5, 0.6) is 5.75 Å². The predicted octanol–water partition coefficient (Wildman–Crippen LogP) is 3.62. The molecule has 3 rings (SSSR count). The van der Waals surface area contributed by atoms with Crippen molar-refractivity contribution in [3.8, 4) is 5.75 Å². The van der Waals surface area contributed by atoms with Gasteiger partial charge in [0.1, 0.15) is 11.4 Å². The number of hydrogen-bond acceptors (Lipinski definition) is 5. The van der Waals surface area contributed by atoms with Gasteiger partial charge in [0.25, 0.3) is 11.8 Å². The van der Waals surface area contributed by atoms with Crippen molar-refractivity contribution in [2.75, 3.05) is 32.2 Å². The number of anilines is 1. The van der Waals surface area contributed by atoms with Crippen LogP contribution >= 0.6 is 0 Å². The topological polar surface area (TPSA) is 67.9 Å². The number of imide groups is 1. The fourth-order valence-electron chi connectivity index (χ4n) is 3.31. The Morgan fingerprint density at radius 2 is 1.72 bits per heavy atom. The number of carbonyl (C=O) groups excluding carboxylic acids is 2. The first kappa shape index (κ1) is 20.6. The fraction of sp³-hybridized carbons (Fsp3) is 0.304. The third kappa shape index (κ3) is 4.32. The highest BCUT2D eigenvalue weighted by Gasteiger charge is 2.40. The maximum absolute atomic E-state index is 13.2. The molecule has 0 fully saturated rings. The largest absolute Gasteiger partial charge is 0.496 e. The van der Waals surface area contributed by atoms with E-state index < -0.39 is 0 Å². The third-order valence-electron chi connectivity index (χ3n) is 4.82. The zero-order valence-corrected chi connectivity index (χ0v) is 17.0. The predicted molar refractivity (Wildman–Crippen MR) is 113 cm³/mol. The summed E-state index contributed by atoms with van der Waals surface area (Å²) in [6, 6.07) is 14.9. The Bertz CT molecular complexity index is 936. The van der Waals surface area contributed by atoms with Crippen molar-refractivity contribution >= 4 is 23.1 Å². The minimum absolute atomic E-state index is 0.269. The Labute approximate surface area is 171 Å². The molecule has 0 unspecified atom stereocenters. The molecule has 0 spiro atoms. The van der Waals surface area contributed by atoms with E-state index >= 15 is 0 Å². The molecule has 2 amide bonds. The van der Waals surface area contributed by atoms with Crippen molar-refractivity contribution in [3.05, 3.63) is 65.4 Å². The van der Waals surface area contributed by atoms with Gasteiger partial charge in [-0.3, -0.25) is 14.5 Å². The van der Waals surface area contributed by atoms with E-state index in [0.717, 1.165) is 11.3 Å². The lowest BCUT2D eigenvalue weighted by atomic mass is 10.0. The quantitative estimate of drug-likeness (QED) is 0.520. The fourth-order valence-corrected chi connectivity index (χ4v) is 3.31. The highest BCUT2D eigenvalue weighted by atomic mass is 16.5. The highest BCUT2D eigenvalue weighted by molar-refractivity contribution is 6.37. The number of ether oxygens (including phenoxy) is 2. The molecule has 1 heterocycles. The lowest BCUT2D eigenvalue weighted by Gasteiger charge is -2.15. The molecule has 0 saturated heterocycles. The van der Waals surface area contributed by atoms with Gasteiger partial charge in [-0.15, -0.1) is 0 Å². The van der Waals surface area contributed by atoms with Gasteiger partial charge in [-0.05, 0) is 38.0 Å². The molecular weight excluding hydrogens is 368 g/mol. The van der Waals surface area contributed by atoms with Gasteiger partial charge in [0.05, 0.1) is 12.7 Å². The van der Waals surface area contributed by atoms with Gasteiger partial charge in [0.2, 0.25) is 0 Å². The van der Waals surface area contributed by atoms with Gasteiger partial charge in [-0.25, -0.2) is 0 Å². The molecule has 6 heteroatoms. The number of para-hydroxylation sites is 2. The van der Waals surface area contributed by atoms with Crippen molar-refractivity contribution in [1.82, 2.24) is 4.90 Å². The van der Waals surface area contributed by atoms with Gasteiger partial charge in [-0.1, -0.05) is 36.4 Å². The molecular formula is C23H26N2O4. The van der Waals surface area contributed by atoms with Crippen LogP contribution in [0, 0.1) is 6.92 Å². The number of nitrogens with one attached hydrogen (secondary N) is 1. The van der Waals surface area contributed by atoms with Gasteiger partial charge in [0.15, 0.2) is 0 Å². The SMILES string of the molecule is CCOCCCN1C(=O)C(Nc2ccccc2C)=C(c2ccccc2OC)C1=O. The number of aryl methyl sites for hydroxylation is 1. The maximum Gasteiger partial charge on any atom is 0.278 e. The lowest BCUT2D eigenvalue weighted by Crippen LogP contribution is -2.34. The van der Waals surface area contributed by atoms with Crippen molar-refractivity contribution in [3.63, 3.8) is 0 Å². The average molecular weight is 394 g/mol. The van der Waals surface area contributed by atoms with E-state index in [1.165, 1.54) is 4.90 Å². The molecule has 0 aliphatic carbocycles. The van der Waals surface area contributed by atoms with Crippen LogP contribution in [0.4, 0.5) is 5.69 Å². The Kier molecular flexibility index (Phi) is 6.67. The molecule has 2 aromatic carbocycles. The second-order valence-corrected chi connectivity index (χ2v) is 6.70. The minimum Gasteiger partial charge on any atom is -0.496 e. The minimum atomic E-state index is -0.337. The van der Waals surface area contributed by atoms with Crippen molar-refractivity contribution in [2.45, 2.75) is 20.3 Å². The summed E-state index contributed by atoms with van der Waals surface area (Å²) in [6.45, 7) is 5.27. The van der Waals surface area contributed by atoms with E-state index in [9.17, 15) is 9.59 Å². The molecule has 0 atom stereocenters. The molecule has 0 bridgehead atoms. The van der Waals surface area contributed by atoms with Crippen molar-refractivity contribution in [2.24, 2.45) is 0 Å². The van der Waals surface area contributed by atoms with Crippen LogP contribution in [0.1, 0.15) is 24.5 Å². The zero-order valence-electron chi connectivity index (χ0n) is 17.0. The van der Waals surface area contributed by atoms with Gasteiger partial charge >= 0.3 is 0 Å². The summed E-state index contributed by atoms with van der Waals surface area (Å²) < 4.78 is 10.8. The Morgan fingerprint density at radius 1 is 1.00 bits per heavy atom. The summed E-state index contributed by atoms with van der Waals surface area (Å²) in [7, 11) is 1.55. The van der Waals surface area contributed by atoms with Gasteiger partial charge in [-0.2, -0.15) is 0 Å². The first-order chi connectivity index (χ1) is 14.1. The zero-order chi connectivity index (χ0) is 20.8. The van der Waals surface area contributed by atoms with Crippen LogP contribution in [-0.2, 0) is 14.3 Å². The molecule has 1 aliphatic heterocycles. The van der Waals surface area contributed by atoms with E-state index in [4.69, 9.17) is 9.47 Å². The van der Waals surface area contributed by atoms with E-state index in [-0.39, 0.29) is 17.5 Å². The Hall–Kier alpha value is -3.12. The van der Waals surface area contributed by atoms with Crippen LogP contribution in [0.25, 0.3) is 5.57 Å². The van der Waals surface area contributed by atoms with Crippen LogP contribution in [0.15, 0.2) is 54.2 Å². The molecule has 6 nitrogen and oxygen atoms in total. The molecule has 1 aliphatic rings. The number of nitrogens with zero attached hydrogens (tertiary/aromatic N) is 1. The summed E-state index contributed by atoms with van der Waals surface area (Å²) in [5.41, 5.74) is 2.95. The second-order valence-electron chi connectivity index (χ2n) is 6.70. The summed E-state index contributed by atoms with van der Waals surface area (Å²) in [5.74, 6) is -0.119. The average Bonchev–Trinajstić information content (AvgIpc) is 2.96. The summed E-state index contributed by atoms with van der Waals surface area (Å²) in [6.07, 6.45) is 0.585. The third-order valence-corrected chi connectivity index (χ3v) is 4.82. The van der Waals surface area contributed by atoms with Crippen LogP contribution < -0.4 is 10.1 Å². The number of amides is 2. The number of carbonyl (C=O) groups is 2. The molecule has 2 aromatic rings. The van der Waals surface area contributed by atoms with Crippen LogP contribution in [-0.4, -0.2) is 43.6 Å². The number of benzene rings is 2. The van der Waals surface area contributed by atoms with E-state index in [2.05, 4.69) is 5.32 Å². The van der Waals surface area contributed by atoms with E-state index in [0.29, 0.717) is 43.1 Å². The maximum atomic E-state index is 13.2. The van der Waals surface area contributed by atoms with E-state index in [1.54, 1.807) is 19.2 Å². The van der Waals surface area contributed by atoms with E-state index in [1.807, 2.05) is 50.2 Å². The summed E-state index contributed by atoms with van der Waals surface area (Å²) >= 11 is 0. The van der Waals surface area contributed by atoms with Gasteiger partial charge < -0.3 is 14.8 Å². The molecule has 152 valence electrons. The number of hydrogen-bond donors (Lipinski definition) is 1. The van der Waals surface area contributed by atoms with Gasteiger partial charge in [0, 0.05) is 31.0 Å². The standard InChI is InChI=1S/C23H26N2O4/c1-4-29-15-9-14-25-22(26)20(17-11-6-8-13-19(17)28-3)21(23(25)27)24-18-12-7-5-10-16(18)2/h5-8,10-13,24H,4,9,14-15H2,1-3H3. The smallest absolute Gasteiger partial charge is 0.278 e. The highest BCUT2D eigenvalue weighted by Crippen LogP contribution is 2.35. The molecule has 29 heavy (non-hydrogen) atoms. The second kappa shape index (κ2) is 9.39. The molecule has 0 radical (unpaired) electrons. The normalized spacial score (nSPS) is 14.0. The monoisotopic (exact) mass is 394 g/mol. The van der Waals surface area contributed by atoms with Crippen molar-refractivity contribution in [1.29, 1.82) is 0 Å². The van der Waals surface area contributed by atoms with Crippen LogP contribution in [0.3, 0.4) is 0 Å². The van der Waals surface area contributed by atoms with Crippen LogP contribution in [0.2, 0.25) is 0 Å². The molecule has 1 N–H and O–H groups in total. The molecule has 0 saturated carbocycles. The Balaban J connectivity index is 2.01. The van der Waals surface area contributed by atoms with Crippen molar-refractivity contribution < 1.29 is 19.1 Å².